The third-order valence-corrected chi connectivity index (χ3v) is 4.40. The van der Waals surface area contributed by atoms with Crippen molar-refractivity contribution < 1.29 is 0 Å². The summed E-state index contributed by atoms with van der Waals surface area (Å²) in [7, 11) is 0. The summed E-state index contributed by atoms with van der Waals surface area (Å²) < 4.78 is 0. The van der Waals surface area contributed by atoms with E-state index in [1.807, 2.05) is 66.7 Å². The molecule has 2 N–H and O–H groups in total. The van der Waals surface area contributed by atoms with Crippen molar-refractivity contribution in [2.24, 2.45) is 0 Å². The van der Waals surface area contributed by atoms with Crippen LogP contribution >= 0.6 is 0 Å². The van der Waals surface area contributed by atoms with Crippen molar-refractivity contribution in [2.45, 2.75) is 13.5 Å². The average Bonchev–Trinajstić information content (AvgIpc) is 2.75. The number of nitrogens with zero attached hydrogens (tertiary/aromatic N) is 3. The molecule has 4 aromatic rings. The molecule has 4 rings (SSSR count). The molecule has 0 fully saturated rings. The molecule has 0 aliphatic carbocycles. The van der Waals surface area contributed by atoms with E-state index in [1.165, 1.54) is 0 Å². The number of anilines is 3. The van der Waals surface area contributed by atoms with Crippen LogP contribution < -0.4 is 10.6 Å². The van der Waals surface area contributed by atoms with Gasteiger partial charge in [-0.25, -0.2) is 4.98 Å². The Bertz CT molecular complexity index is 1050. The summed E-state index contributed by atoms with van der Waals surface area (Å²) >= 11 is 0. The number of nitrogens with one attached hydrogen (secondary N) is 2. The van der Waals surface area contributed by atoms with Gasteiger partial charge in [0.05, 0.1) is 5.69 Å². The van der Waals surface area contributed by atoms with Crippen molar-refractivity contribution in [1.29, 1.82) is 0 Å². The zero-order valence-electron chi connectivity index (χ0n) is 15.6. The lowest BCUT2D eigenvalue weighted by molar-refractivity contribution is 1.05. The molecule has 0 spiro atoms. The van der Waals surface area contributed by atoms with Gasteiger partial charge in [0.25, 0.3) is 0 Å². The minimum Gasteiger partial charge on any atom is -0.350 e. The Morgan fingerprint density at radius 3 is 2.36 bits per heavy atom. The molecular weight excluding hydrogens is 346 g/mol. The van der Waals surface area contributed by atoms with Crippen LogP contribution in [0.1, 0.15) is 11.1 Å². The second-order valence-electron chi connectivity index (χ2n) is 6.48. The second kappa shape index (κ2) is 8.31. The van der Waals surface area contributed by atoms with Gasteiger partial charge in [0, 0.05) is 36.3 Å². The van der Waals surface area contributed by atoms with Crippen LogP contribution in [0.15, 0.2) is 85.2 Å². The first-order chi connectivity index (χ1) is 13.8. The molecule has 0 amide bonds. The minimum absolute atomic E-state index is 0.578. The van der Waals surface area contributed by atoms with Gasteiger partial charge in [-0.2, -0.15) is 4.98 Å². The number of hydrogen-bond donors (Lipinski definition) is 2. The quantitative estimate of drug-likeness (QED) is 0.490. The van der Waals surface area contributed by atoms with E-state index >= 15 is 0 Å². The fraction of sp³-hybridized carbons (Fsp3) is 0.0870. The molecule has 5 heteroatoms. The average molecular weight is 367 g/mol. The number of hydrogen-bond acceptors (Lipinski definition) is 5. The van der Waals surface area contributed by atoms with Gasteiger partial charge in [-0.15, -0.1) is 0 Å². The van der Waals surface area contributed by atoms with Crippen LogP contribution in [0.3, 0.4) is 0 Å². The minimum atomic E-state index is 0.578. The fourth-order valence-electron chi connectivity index (χ4n) is 2.88. The predicted molar refractivity (Wildman–Crippen MR) is 113 cm³/mol. The Kier molecular flexibility index (Phi) is 5.24. The number of rotatable bonds is 6. The lowest BCUT2D eigenvalue weighted by Gasteiger charge is -2.13. The highest BCUT2D eigenvalue weighted by molar-refractivity contribution is 5.68. The van der Waals surface area contributed by atoms with Crippen molar-refractivity contribution in [3.8, 4) is 11.3 Å². The first kappa shape index (κ1) is 17.7. The SMILES string of the molecule is Cc1ccccc1Nc1cc(-c2ccccc2)nc(NCc2ccncc2)n1. The molecule has 0 unspecified atom stereocenters. The summed E-state index contributed by atoms with van der Waals surface area (Å²) in [5, 5.41) is 6.74. The predicted octanol–water partition coefficient (Wildman–Crippen LogP) is 5.20. The number of benzene rings is 2. The summed E-state index contributed by atoms with van der Waals surface area (Å²) in [6, 6.07) is 24.2. The van der Waals surface area contributed by atoms with E-state index in [4.69, 9.17) is 4.98 Å². The summed E-state index contributed by atoms with van der Waals surface area (Å²) in [6.07, 6.45) is 3.56. The standard InChI is InChI=1S/C23H21N5/c1-17-7-5-6-10-20(17)26-22-15-21(19-8-3-2-4-9-19)27-23(28-22)25-16-18-11-13-24-14-12-18/h2-15H,16H2,1H3,(H2,25,26,27,28). The van der Waals surface area contributed by atoms with Crippen LogP contribution in [0, 0.1) is 6.92 Å². The first-order valence-corrected chi connectivity index (χ1v) is 9.18. The molecule has 0 aliphatic rings. The van der Waals surface area contributed by atoms with Crippen LogP contribution in [-0.2, 0) is 6.54 Å². The zero-order valence-corrected chi connectivity index (χ0v) is 15.6. The van der Waals surface area contributed by atoms with E-state index in [0.29, 0.717) is 12.5 Å². The third-order valence-electron chi connectivity index (χ3n) is 4.40. The van der Waals surface area contributed by atoms with Crippen molar-refractivity contribution in [3.63, 3.8) is 0 Å². The summed E-state index contributed by atoms with van der Waals surface area (Å²) in [4.78, 5) is 13.4. The fourth-order valence-corrected chi connectivity index (χ4v) is 2.88. The van der Waals surface area contributed by atoms with Crippen LogP contribution in [0.2, 0.25) is 0 Å². The molecular formula is C23H21N5. The Morgan fingerprint density at radius 2 is 1.57 bits per heavy atom. The summed E-state index contributed by atoms with van der Waals surface area (Å²) in [5.41, 5.74) is 5.22. The molecule has 0 saturated heterocycles. The lowest BCUT2D eigenvalue weighted by atomic mass is 10.1. The van der Waals surface area contributed by atoms with Crippen molar-refractivity contribution in [2.75, 3.05) is 10.6 Å². The highest BCUT2D eigenvalue weighted by Gasteiger charge is 2.08. The second-order valence-corrected chi connectivity index (χ2v) is 6.48. The Morgan fingerprint density at radius 1 is 0.821 bits per heavy atom. The molecule has 0 bridgehead atoms. The maximum atomic E-state index is 4.70. The number of para-hydroxylation sites is 1. The van der Waals surface area contributed by atoms with Gasteiger partial charge < -0.3 is 10.6 Å². The van der Waals surface area contributed by atoms with Crippen LogP contribution in [0.25, 0.3) is 11.3 Å². The molecule has 0 saturated carbocycles. The first-order valence-electron chi connectivity index (χ1n) is 9.18. The molecule has 5 nitrogen and oxygen atoms in total. The van der Waals surface area contributed by atoms with E-state index in [0.717, 1.165) is 33.9 Å². The zero-order chi connectivity index (χ0) is 19.2. The van der Waals surface area contributed by atoms with E-state index < -0.39 is 0 Å². The largest absolute Gasteiger partial charge is 0.350 e. The van der Waals surface area contributed by atoms with Crippen LogP contribution in [0.4, 0.5) is 17.5 Å². The van der Waals surface area contributed by atoms with Crippen LogP contribution in [-0.4, -0.2) is 15.0 Å². The molecule has 0 radical (unpaired) electrons. The van der Waals surface area contributed by atoms with Gasteiger partial charge in [-0.3, -0.25) is 4.98 Å². The van der Waals surface area contributed by atoms with Gasteiger partial charge in [-0.05, 0) is 36.2 Å². The smallest absolute Gasteiger partial charge is 0.225 e. The summed E-state index contributed by atoms with van der Waals surface area (Å²) in [5.74, 6) is 1.33. The van der Waals surface area contributed by atoms with Crippen molar-refractivity contribution >= 4 is 17.5 Å². The van der Waals surface area contributed by atoms with E-state index in [9.17, 15) is 0 Å². The molecule has 0 aliphatic heterocycles. The molecule has 28 heavy (non-hydrogen) atoms. The molecule has 2 heterocycles. The molecule has 2 aromatic carbocycles. The van der Waals surface area contributed by atoms with Crippen molar-refractivity contribution in [1.82, 2.24) is 15.0 Å². The Hall–Kier alpha value is -3.73. The van der Waals surface area contributed by atoms with Gasteiger partial charge in [0.15, 0.2) is 0 Å². The maximum Gasteiger partial charge on any atom is 0.225 e. The normalized spacial score (nSPS) is 10.5. The van der Waals surface area contributed by atoms with Gasteiger partial charge in [0.2, 0.25) is 5.95 Å². The monoisotopic (exact) mass is 367 g/mol. The van der Waals surface area contributed by atoms with Crippen molar-refractivity contribution in [3.05, 3.63) is 96.3 Å². The molecule has 2 aromatic heterocycles. The van der Waals surface area contributed by atoms with Gasteiger partial charge in [-0.1, -0.05) is 48.5 Å². The highest BCUT2D eigenvalue weighted by atomic mass is 15.1. The number of aryl methyl sites for hydroxylation is 1. The third kappa shape index (κ3) is 4.32. The summed E-state index contributed by atoms with van der Waals surface area (Å²) in [6.45, 7) is 2.70. The maximum absolute atomic E-state index is 4.70. The van der Waals surface area contributed by atoms with E-state index in [1.54, 1.807) is 12.4 Å². The lowest BCUT2D eigenvalue weighted by Crippen LogP contribution is -2.06. The van der Waals surface area contributed by atoms with Gasteiger partial charge >= 0.3 is 0 Å². The van der Waals surface area contributed by atoms with Crippen LogP contribution in [0.5, 0.6) is 0 Å². The highest BCUT2D eigenvalue weighted by Crippen LogP contribution is 2.25. The van der Waals surface area contributed by atoms with Gasteiger partial charge in [0.1, 0.15) is 5.82 Å². The van der Waals surface area contributed by atoms with E-state index in [2.05, 4.69) is 33.6 Å². The molecule has 0 atom stereocenters. The topological polar surface area (TPSA) is 62.7 Å². The molecule has 138 valence electrons. The van der Waals surface area contributed by atoms with E-state index in [-0.39, 0.29) is 0 Å². The number of aromatic nitrogens is 3. The Balaban J connectivity index is 1.65. The Labute approximate surface area is 164 Å². The number of pyridine rings is 1.